The van der Waals surface area contributed by atoms with E-state index in [0.29, 0.717) is 22.5 Å². The molecule has 0 amide bonds. The molecule has 1 aromatic rings. The van der Waals surface area contributed by atoms with Gasteiger partial charge in [0.1, 0.15) is 10.3 Å². The fourth-order valence-corrected chi connectivity index (χ4v) is 1.13. The van der Waals surface area contributed by atoms with Crippen molar-refractivity contribution in [1.82, 2.24) is 5.16 Å². The van der Waals surface area contributed by atoms with Crippen LogP contribution in [0.4, 0.5) is 0 Å². The normalized spacial score (nSPS) is 12.0. The first-order valence-electron chi connectivity index (χ1n) is 3.61. The Bertz CT molecular complexity index is 283. The summed E-state index contributed by atoms with van der Waals surface area (Å²) in [7, 11) is 0. The number of oxime groups is 1. The Morgan fingerprint density at radius 3 is 3.00 bits per heavy atom. The fraction of sp³-hybridized carbons (Fsp3) is 0.429. The molecule has 0 bridgehead atoms. The van der Waals surface area contributed by atoms with Crippen LogP contribution in [0.25, 0.3) is 0 Å². The molecule has 5 heteroatoms. The van der Waals surface area contributed by atoms with Gasteiger partial charge >= 0.3 is 0 Å². The van der Waals surface area contributed by atoms with Gasteiger partial charge in [0.15, 0.2) is 5.76 Å². The molecular weight excluding hydrogens is 224 g/mol. The molecule has 0 aliphatic rings. The second-order valence-electron chi connectivity index (χ2n) is 2.31. The van der Waals surface area contributed by atoms with Gasteiger partial charge in [-0.15, -0.1) is 0 Å². The Balaban J connectivity index is 2.81. The highest BCUT2D eigenvalue weighted by molar-refractivity contribution is 9.10. The van der Waals surface area contributed by atoms with Crippen molar-refractivity contribution in [2.45, 2.75) is 19.8 Å². The summed E-state index contributed by atoms with van der Waals surface area (Å²) in [5, 5.41) is 15.3. The van der Waals surface area contributed by atoms with Crippen LogP contribution in [-0.2, 0) is 0 Å². The van der Waals surface area contributed by atoms with Gasteiger partial charge in [-0.2, -0.15) is 0 Å². The van der Waals surface area contributed by atoms with Crippen molar-refractivity contribution in [2.24, 2.45) is 5.16 Å². The lowest BCUT2D eigenvalue weighted by atomic mass is 10.2. The summed E-state index contributed by atoms with van der Waals surface area (Å²) < 4.78 is 5.49. The van der Waals surface area contributed by atoms with Crippen molar-refractivity contribution in [2.75, 3.05) is 0 Å². The minimum Gasteiger partial charge on any atom is -0.411 e. The Kier molecular flexibility index (Phi) is 3.28. The molecule has 0 aromatic carbocycles. The first-order valence-corrected chi connectivity index (χ1v) is 4.40. The first kappa shape index (κ1) is 9.25. The molecule has 1 aromatic heterocycles. The zero-order valence-corrected chi connectivity index (χ0v) is 8.21. The highest BCUT2D eigenvalue weighted by Gasteiger charge is 2.09. The summed E-state index contributed by atoms with van der Waals surface area (Å²) in [5.74, 6) is 0.506. The number of halogens is 1. The second-order valence-corrected chi connectivity index (χ2v) is 3.12. The molecule has 0 fully saturated rings. The van der Waals surface area contributed by atoms with E-state index in [9.17, 15) is 0 Å². The van der Waals surface area contributed by atoms with Gasteiger partial charge < -0.3 is 9.73 Å². The molecule has 0 saturated carbocycles. The van der Waals surface area contributed by atoms with E-state index in [2.05, 4.69) is 26.2 Å². The molecule has 0 aliphatic carbocycles. The van der Waals surface area contributed by atoms with Crippen LogP contribution < -0.4 is 0 Å². The van der Waals surface area contributed by atoms with Crippen molar-refractivity contribution in [1.29, 1.82) is 0 Å². The molecule has 0 saturated heterocycles. The highest BCUT2D eigenvalue weighted by atomic mass is 79.9. The van der Waals surface area contributed by atoms with Crippen LogP contribution in [0.1, 0.15) is 25.5 Å². The topological polar surface area (TPSA) is 58.6 Å². The zero-order chi connectivity index (χ0) is 8.97. The third-order valence-electron chi connectivity index (χ3n) is 1.37. The van der Waals surface area contributed by atoms with Crippen molar-refractivity contribution < 1.29 is 9.73 Å². The fourth-order valence-electron chi connectivity index (χ4n) is 0.849. The van der Waals surface area contributed by atoms with Crippen LogP contribution in [0.15, 0.2) is 20.3 Å². The van der Waals surface area contributed by atoms with Crippen LogP contribution in [0, 0.1) is 0 Å². The molecule has 0 radical (unpaired) electrons. The molecule has 0 spiro atoms. The van der Waals surface area contributed by atoms with Crippen LogP contribution in [-0.4, -0.2) is 16.1 Å². The molecule has 4 nitrogen and oxygen atoms in total. The monoisotopic (exact) mass is 232 g/mol. The predicted molar refractivity (Wildman–Crippen MR) is 47.4 cm³/mol. The van der Waals surface area contributed by atoms with Gasteiger partial charge in [-0.3, -0.25) is 0 Å². The smallest absolute Gasteiger partial charge is 0.185 e. The molecule has 0 atom stereocenters. The summed E-state index contributed by atoms with van der Waals surface area (Å²) in [4.78, 5) is 0. The van der Waals surface area contributed by atoms with E-state index in [4.69, 9.17) is 9.73 Å². The van der Waals surface area contributed by atoms with Gasteiger partial charge in [-0.05, 0) is 22.4 Å². The van der Waals surface area contributed by atoms with Crippen molar-refractivity contribution in [3.05, 3.63) is 16.4 Å². The maximum Gasteiger partial charge on any atom is 0.185 e. The van der Waals surface area contributed by atoms with Crippen LogP contribution in [0.5, 0.6) is 0 Å². The van der Waals surface area contributed by atoms with E-state index in [-0.39, 0.29) is 0 Å². The van der Waals surface area contributed by atoms with E-state index in [1.165, 1.54) is 0 Å². The van der Waals surface area contributed by atoms with Gasteiger partial charge in [0.2, 0.25) is 0 Å². The molecule has 0 aliphatic heterocycles. The number of aromatic nitrogens is 1. The molecule has 1 rings (SSSR count). The lowest BCUT2D eigenvalue weighted by Crippen LogP contribution is -1.97. The molecule has 12 heavy (non-hydrogen) atoms. The number of hydrogen-bond donors (Lipinski definition) is 1. The van der Waals surface area contributed by atoms with Crippen LogP contribution in [0.3, 0.4) is 0 Å². The minimum atomic E-state index is 0.506. The number of hydrogen-bond acceptors (Lipinski definition) is 4. The van der Waals surface area contributed by atoms with Gasteiger partial charge in [0, 0.05) is 6.07 Å². The van der Waals surface area contributed by atoms with E-state index in [1.807, 2.05) is 6.92 Å². The first-order chi connectivity index (χ1) is 5.77. The summed E-state index contributed by atoms with van der Waals surface area (Å²) in [6, 6.07) is 1.67. The third-order valence-corrected chi connectivity index (χ3v) is 1.75. The zero-order valence-electron chi connectivity index (χ0n) is 6.62. The molecule has 66 valence electrons. The minimum absolute atomic E-state index is 0.506. The van der Waals surface area contributed by atoms with Crippen molar-refractivity contribution >= 4 is 21.6 Å². The quantitative estimate of drug-likeness (QED) is 0.495. The predicted octanol–water partition coefficient (Wildman–Crippen LogP) is 2.42. The third kappa shape index (κ3) is 2.07. The van der Waals surface area contributed by atoms with E-state index >= 15 is 0 Å². The largest absolute Gasteiger partial charge is 0.411 e. The number of rotatable bonds is 3. The van der Waals surface area contributed by atoms with E-state index in [1.54, 1.807) is 6.07 Å². The van der Waals surface area contributed by atoms with Gasteiger partial charge in [0.05, 0.1) is 0 Å². The maximum absolute atomic E-state index is 8.60. The average molecular weight is 233 g/mol. The standard InChI is InChI=1S/C7H9BrN2O2/c1-2-3-5(9-11)6-4-7(8)10-12-6/h4,11H,2-3H2,1H3/b9-5-. The highest BCUT2D eigenvalue weighted by Crippen LogP contribution is 2.12. The average Bonchev–Trinajstić information content (AvgIpc) is 2.47. The Labute approximate surface area is 78.4 Å². The van der Waals surface area contributed by atoms with E-state index in [0.717, 1.165) is 6.42 Å². The lowest BCUT2D eigenvalue weighted by molar-refractivity contribution is 0.314. The van der Waals surface area contributed by atoms with Crippen LogP contribution in [0.2, 0.25) is 0 Å². The van der Waals surface area contributed by atoms with Crippen molar-refractivity contribution in [3.8, 4) is 0 Å². The Hall–Kier alpha value is -0.840. The van der Waals surface area contributed by atoms with Crippen molar-refractivity contribution in [3.63, 3.8) is 0 Å². The summed E-state index contributed by atoms with van der Waals surface area (Å²) in [6.45, 7) is 2.00. The van der Waals surface area contributed by atoms with Crippen LogP contribution >= 0.6 is 15.9 Å². The molecule has 1 heterocycles. The Morgan fingerprint density at radius 1 is 1.83 bits per heavy atom. The van der Waals surface area contributed by atoms with E-state index < -0.39 is 0 Å². The molecule has 1 N–H and O–H groups in total. The second kappa shape index (κ2) is 4.25. The summed E-state index contributed by atoms with van der Waals surface area (Å²) in [5.41, 5.74) is 0.524. The SMILES string of the molecule is CCC/C(=N/O)c1cc(Br)no1. The lowest BCUT2D eigenvalue weighted by Gasteiger charge is -1.94. The number of nitrogens with zero attached hydrogens (tertiary/aromatic N) is 2. The van der Waals surface area contributed by atoms with Gasteiger partial charge in [0.25, 0.3) is 0 Å². The summed E-state index contributed by atoms with van der Waals surface area (Å²) >= 11 is 3.14. The molecule has 0 unspecified atom stereocenters. The van der Waals surface area contributed by atoms with Gasteiger partial charge in [-0.1, -0.05) is 23.7 Å². The van der Waals surface area contributed by atoms with Gasteiger partial charge in [-0.25, -0.2) is 0 Å². The Morgan fingerprint density at radius 2 is 2.58 bits per heavy atom. The molecular formula is C7H9BrN2O2. The maximum atomic E-state index is 8.60. The summed E-state index contributed by atoms with van der Waals surface area (Å²) in [6.07, 6.45) is 1.58.